The van der Waals surface area contributed by atoms with Crippen LogP contribution in [-0.2, 0) is 19.1 Å². The standard InChI is InChI=1S/C13H17NO5/c1-4-5-19-13(18)10-11(16)6(2)9-8(7(3)15)12(17)14(9)10/h4,6-10,15H,1,5H2,2-3H3/t6-,7-,8-,9-,10-/m1/s1. The third kappa shape index (κ3) is 1.87. The maximum Gasteiger partial charge on any atom is 0.337 e. The van der Waals surface area contributed by atoms with Gasteiger partial charge in [0.05, 0.1) is 18.1 Å². The van der Waals surface area contributed by atoms with Crippen molar-refractivity contribution in [2.75, 3.05) is 6.61 Å². The second-order valence-corrected chi connectivity index (χ2v) is 5.01. The summed E-state index contributed by atoms with van der Waals surface area (Å²) in [6, 6.07) is -1.57. The van der Waals surface area contributed by atoms with Crippen molar-refractivity contribution in [3.05, 3.63) is 12.7 Å². The number of amides is 1. The Bertz CT molecular complexity index is 444. The van der Waals surface area contributed by atoms with Gasteiger partial charge in [0, 0.05) is 5.92 Å². The molecule has 0 unspecified atom stereocenters. The Hall–Kier alpha value is -1.69. The van der Waals surface area contributed by atoms with E-state index >= 15 is 0 Å². The van der Waals surface area contributed by atoms with Crippen LogP contribution in [0.15, 0.2) is 12.7 Å². The number of esters is 1. The van der Waals surface area contributed by atoms with E-state index in [0.29, 0.717) is 0 Å². The molecule has 2 saturated heterocycles. The molecule has 6 heteroatoms. The fourth-order valence-corrected chi connectivity index (χ4v) is 2.90. The van der Waals surface area contributed by atoms with Crippen LogP contribution < -0.4 is 0 Å². The summed E-state index contributed by atoms with van der Waals surface area (Å²) in [5.74, 6) is -2.47. The Kier molecular flexibility index (Phi) is 3.45. The molecule has 2 rings (SSSR count). The molecule has 5 atom stereocenters. The number of nitrogens with zero attached hydrogens (tertiary/aromatic N) is 1. The van der Waals surface area contributed by atoms with Crippen molar-refractivity contribution in [3.63, 3.8) is 0 Å². The van der Waals surface area contributed by atoms with Crippen LogP contribution in [0.4, 0.5) is 0 Å². The molecule has 2 aliphatic heterocycles. The molecule has 0 aromatic heterocycles. The SMILES string of the molecule is C=CCOC(=O)[C@H]1C(=O)[C@H](C)[C@@H]2[C@@H]([C@@H](C)O)C(=O)N12. The minimum absolute atomic E-state index is 0.00349. The van der Waals surface area contributed by atoms with Gasteiger partial charge in [-0.25, -0.2) is 4.79 Å². The van der Waals surface area contributed by atoms with Crippen molar-refractivity contribution in [1.29, 1.82) is 0 Å². The smallest absolute Gasteiger partial charge is 0.337 e. The van der Waals surface area contributed by atoms with Crippen molar-refractivity contribution >= 4 is 17.7 Å². The van der Waals surface area contributed by atoms with Crippen molar-refractivity contribution in [2.45, 2.75) is 32.0 Å². The number of carbonyl (C=O) groups is 3. The van der Waals surface area contributed by atoms with Crippen molar-refractivity contribution in [1.82, 2.24) is 4.90 Å². The average molecular weight is 267 g/mol. The van der Waals surface area contributed by atoms with Crippen molar-refractivity contribution in [3.8, 4) is 0 Å². The van der Waals surface area contributed by atoms with E-state index in [1.165, 1.54) is 17.9 Å². The molecule has 0 bridgehead atoms. The summed E-state index contributed by atoms with van der Waals surface area (Å²) in [5, 5.41) is 9.57. The van der Waals surface area contributed by atoms with E-state index in [2.05, 4.69) is 6.58 Å². The molecular formula is C13H17NO5. The highest BCUT2D eigenvalue weighted by atomic mass is 16.5. The summed E-state index contributed by atoms with van der Waals surface area (Å²) >= 11 is 0. The topological polar surface area (TPSA) is 83.9 Å². The normalized spacial score (nSPS) is 34.6. The maximum atomic E-state index is 12.1. The molecule has 0 spiro atoms. The van der Waals surface area contributed by atoms with Gasteiger partial charge in [0.15, 0.2) is 11.8 Å². The van der Waals surface area contributed by atoms with Gasteiger partial charge in [-0.2, -0.15) is 0 Å². The highest BCUT2D eigenvalue weighted by molar-refractivity contribution is 6.12. The zero-order valence-corrected chi connectivity index (χ0v) is 10.9. The van der Waals surface area contributed by atoms with Crippen LogP contribution in [0.2, 0.25) is 0 Å². The minimum atomic E-state index is -1.16. The Labute approximate surface area is 111 Å². The lowest BCUT2D eigenvalue weighted by atomic mass is 9.79. The Morgan fingerprint density at radius 1 is 1.58 bits per heavy atom. The molecule has 6 nitrogen and oxygen atoms in total. The van der Waals surface area contributed by atoms with Crippen LogP contribution in [0.25, 0.3) is 0 Å². The summed E-state index contributed by atoms with van der Waals surface area (Å²) in [6.07, 6.45) is 0.571. The number of ketones is 1. The number of aliphatic hydroxyl groups excluding tert-OH is 1. The first kappa shape index (κ1) is 13.7. The molecule has 2 aliphatic rings. The maximum absolute atomic E-state index is 12.1. The minimum Gasteiger partial charge on any atom is -0.460 e. The predicted octanol–water partition coefficient (Wildman–Crippen LogP) is -0.489. The molecule has 2 fully saturated rings. The molecule has 0 radical (unpaired) electrons. The van der Waals surface area contributed by atoms with Gasteiger partial charge >= 0.3 is 5.97 Å². The summed E-state index contributed by atoms with van der Waals surface area (Å²) in [4.78, 5) is 37.1. The van der Waals surface area contributed by atoms with Crippen LogP contribution in [-0.4, -0.2) is 52.5 Å². The molecule has 104 valence electrons. The molecule has 0 saturated carbocycles. The van der Waals surface area contributed by atoms with Gasteiger partial charge in [-0.15, -0.1) is 0 Å². The number of Topliss-reactive ketones (excluding diaryl/α,β-unsaturated/α-hetero) is 1. The summed E-state index contributed by atoms with van der Waals surface area (Å²) in [6.45, 7) is 6.60. The van der Waals surface area contributed by atoms with E-state index < -0.39 is 36.0 Å². The zero-order valence-electron chi connectivity index (χ0n) is 10.9. The fraction of sp³-hybridized carbons (Fsp3) is 0.615. The highest BCUT2D eigenvalue weighted by Gasteiger charge is 2.64. The first-order chi connectivity index (χ1) is 8.91. The molecule has 2 heterocycles. The highest BCUT2D eigenvalue weighted by Crippen LogP contribution is 2.43. The number of hydrogen-bond donors (Lipinski definition) is 1. The summed E-state index contributed by atoms with van der Waals surface area (Å²) < 4.78 is 4.86. The van der Waals surface area contributed by atoms with Crippen LogP contribution in [0.1, 0.15) is 13.8 Å². The number of carbonyl (C=O) groups excluding carboxylic acids is 3. The largest absolute Gasteiger partial charge is 0.460 e. The van der Waals surface area contributed by atoms with Gasteiger partial charge in [0.1, 0.15) is 6.61 Å². The van der Waals surface area contributed by atoms with Gasteiger partial charge in [-0.3, -0.25) is 9.59 Å². The van der Waals surface area contributed by atoms with E-state index in [1.807, 2.05) is 0 Å². The lowest BCUT2D eigenvalue weighted by Gasteiger charge is -2.46. The van der Waals surface area contributed by atoms with E-state index in [1.54, 1.807) is 6.92 Å². The van der Waals surface area contributed by atoms with Gasteiger partial charge < -0.3 is 14.7 Å². The Morgan fingerprint density at radius 3 is 2.74 bits per heavy atom. The summed E-state index contributed by atoms with van der Waals surface area (Å²) in [7, 11) is 0. The molecule has 0 aliphatic carbocycles. The average Bonchev–Trinajstić information content (AvgIpc) is 2.57. The van der Waals surface area contributed by atoms with Crippen LogP contribution in [0.3, 0.4) is 0 Å². The zero-order chi connectivity index (χ0) is 14.3. The van der Waals surface area contributed by atoms with Crippen molar-refractivity contribution < 1.29 is 24.2 Å². The Balaban J connectivity index is 2.20. The van der Waals surface area contributed by atoms with Crippen molar-refractivity contribution in [2.24, 2.45) is 11.8 Å². The molecule has 1 N–H and O–H groups in total. The van der Waals surface area contributed by atoms with Gasteiger partial charge in [0.25, 0.3) is 0 Å². The van der Waals surface area contributed by atoms with E-state index in [0.717, 1.165) is 0 Å². The first-order valence-corrected chi connectivity index (χ1v) is 6.23. The lowest BCUT2D eigenvalue weighted by molar-refractivity contribution is -0.172. The Morgan fingerprint density at radius 2 is 2.21 bits per heavy atom. The molecule has 0 aromatic carbocycles. The third-order valence-corrected chi connectivity index (χ3v) is 3.82. The van der Waals surface area contributed by atoms with Gasteiger partial charge in [-0.1, -0.05) is 19.6 Å². The number of β-lactam (4-membered cyclic amide) rings is 1. The monoisotopic (exact) mass is 267 g/mol. The molecule has 1 amide bonds. The van der Waals surface area contributed by atoms with Crippen LogP contribution in [0.5, 0.6) is 0 Å². The van der Waals surface area contributed by atoms with Gasteiger partial charge in [0.2, 0.25) is 5.91 Å². The second kappa shape index (κ2) is 4.77. The van der Waals surface area contributed by atoms with Crippen LogP contribution >= 0.6 is 0 Å². The van der Waals surface area contributed by atoms with Gasteiger partial charge in [-0.05, 0) is 6.92 Å². The third-order valence-electron chi connectivity index (χ3n) is 3.82. The number of rotatable bonds is 4. The number of hydrogen-bond acceptors (Lipinski definition) is 5. The number of ether oxygens (including phenoxy) is 1. The molecule has 19 heavy (non-hydrogen) atoms. The second-order valence-electron chi connectivity index (χ2n) is 5.01. The number of aliphatic hydroxyl groups is 1. The van der Waals surface area contributed by atoms with E-state index in [-0.39, 0.29) is 18.3 Å². The van der Waals surface area contributed by atoms with E-state index in [4.69, 9.17) is 4.74 Å². The first-order valence-electron chi connectivity index (χ1n) is 6.23. The quantitative estimate of drug-likeness (QED) is 0.321. The molecule has 0 aromatic rings. The number of fused-ring (bicyclic) bond motifs is 1. The molecular weight excluding hydrogens is 250 g/mol. The summed E-state index contributed by atoms with van der Waals surface area (Å²) in [5.41, 5.74) is 0. The van der Waals surface area contributed by atoms with Crippen LogP contribution in [0, 0.1) is 11.8 Å². The lowest BCUT2D eigenvalue weighted by Crippen LogP contribution is -2.65. The fourth-order valence-electron chi connectivity index (χ4n) is 2.90. The van der Waals surface area contributed by atoms with E-state index in [9.17, 15) is 19.5 Å². The predicted molar refractivity (Wildman–Crippen MR) is 64.9 cm³/mol.